The Balaban J connectivity index is 1.50. The predicted molar refractivity (Wildman–Crippen MR) is 91.2 cm³/mol. The highest BCUT2D eigenvalue weighted by atomic mass is 16.5. The molecule has 1 aromatic heterocycles. The van der Waals surface area contributed by atoms with Crippen molar-refractivity contribution in [3.05, 3.63) is 36.4 Å². The van der Waals surface area contributed by atoms with E-state index < -0.39 is 0 Å². The highest BCUT2D eigenvalue weighted by molar-refractivity contribution is 5.78. The molecule has 1 aromatic rings. The van der Waals surface area contributed by atoms with E-state index in [2.05, 4.69) is 26.8 Å². The van der Waals surface area contributed by atoms with E-state index in [4.69, 9.17) is 4.74 Å². The molecule has 130 valence electrons. The number of rotatable bonds is 5. The highest BCUT2D eigenvalue weighted by Gasteiger charge is 2.37. The van der Waals surface area contributed by atoms with E-state index in [1.165, 1.54) is 0 Å². The number of nitrogens with zero attached hydrogens (tertiary/aromatic N) is 3. The van der Waals surface area contributed by atoms with Gasteiger partial charge >= 0.3 is 0 Å². The van der Waals surface area contributed by atoms with Gasteiger partial charge in [-0.2, -0.15) is 0 Å². The summed E-state index contributed by atoms with van der Waals surface area (Å²) in [6.45, 7) is 9.59. The Hall–Kier alpha value is -1.79. The normalized spacial score (nSPS) is 27.3. The van der Waals surface area contributed by atoms with Crippen LogP contribution in [0.4, 0.5) is 0 Å². The summed E-state index contributed by atoms with van der Waals surface area (Å²) < 4.78 is 5.97. The number of piperidine rings is 1. The van der Waals surface area contributed by atoms with Crippen LogP contribution in [0.2, 0.25) is 0 Å². The second-order valence-electron chi connectivity index (χ2n) is 6.77. The fourth-order valence-electron chi connectivity index (χ4n) is 3.57. The summed E-state index contributed by atoms with van der Waals surface area (Å²) in [4.78, 5) is 23.3. The van der Waals surface area contributed by atoms with E-state index in [0.717, 1.165) is 43.9 Å². The summed E-state index contributed by atoms with van der Waals surface area (Å²) >= 11 is 0. The number of aryl methyl sites for hydroxylation is 1. The van der Waals surface area contributed by atoms with Crippen LogP contribution in [0, 0.1) is 18.8 Å². The van der Waals surface area contributed by atoms with Gasteiger partial charge in [-0.15, -0.1) is 6.58 Å². The molecular formula is C18H26N4O2. The van der Waals surface area contributed by atoms with Gasteiger partial charge in [0.2, 0.25) is 5.91 Å². The Morgan fingerprint density at radius 1 is 1.50 bits per heavy atom. The maximum atomic E-state index is 12.5. The minimum Gasteiger partial charge on any atom is -0.377 e. The van der Waals surface area contributed by atoms with Crippen molar-refractivity contribution < 1.29 is 9.53 Å². The van der Waals surface area contributed by atoms with E-state index >= 15 is 0 Å². The Labute approximate surface area is 143 Å². The first kappa shape index (κ1) is 17.0. The van der Waals surface area contributed by atoms with Crippen molar-refractivity contribution in [2.45, 2.75) is 32.4 Å². The SMILES string of the molecule is C=CCN1CC[C@@H]2OC[C@H](C(=O)NCc3cnc(C)cn3)C[C@H]2C1. The van der Waals surface area contributed by atoms with Gasteiger partial charge < -0.3 is 10.1 Å². The van der Waals surface area contributed by atoms with Crippen molar-refractivity contribution in [3.8, 4) is 0 Å². The predicted octanol–water partition coefficient (Wildman–Crippen LogP) is 1.31. The second kappa shape index (κ2) is 7.85. The zero-order valence-corrected chi connectivity index (χ0v) is 14.3. The number of hydrogen-bond donors (Lipinski definition) is 1. The molecule has 2 saturated heterocycles. The summed E-state index contributed by atoms with van der Waals surface area (Å²) in [5.74, 6) is 0.410. The first-order chi connectivity index (χ1) is 11.7. The van der Waals surface area contributed by atoms with Gasteiger partial charge in [-0.1, -0.05) is 6.08 Å². The molecule has 3 heterocycles. The molecule has 6 nitrogen and oxygen atoms in total. The van der Waals surface area contributed by atoms with E-state index in [0.29, 0.717) is 25.2 Å². The standard InChI is InChI=1S/C18H26N4O2/c1-3-5-22-6-4-17-14(11-22)7-15(12-24-17)18(23)21-10-16-9-19-13(2)8-20-16/h3,8-9,14-15,17H,1,4-7,10-12H2,2H3,(H,21,23)/t14-,15+,17-/m0/s1. The van der Waals surface area contributed by atoms with Crippen LogP contribution in [0.1, 0.15) is 24.2 Å². The quantitative estimate of drug-likeness (QED) is 0.825. The highest BCUT2D eigenvalue weighted by Crippen LogP contribution is 2.31. The number of hydrogen-bond acceptors (Lipinski definition) is 5. The average Bonchev–Trinajstić information content (AvgIpc) is 2.60. The number of likely N-dealkylation sites (tertiary alicyclic amines) is 1. The maximum Gasteiger partial charge on any atom is 0.225 e. The molecule has 0 bridgehead atoms. The molecule has 0 spiro atoms. The molecule has 24 heavy (non-hydrogen) atoms. The number of amides is 1. The zero-order chi connectivity index (χ0) is 16.9. The van der Waals surface area contributed by atoms with Crippen LogP contribution < -0.4 is 5.32 Å². The average molecular weight is 330 g/mol. The fraction of sp³-hybridized carbons (Fsp3) is 0.611. The molecule has 3 rings (SSSR count). The monoisotopic (exact) mass is 330 g/mol. The molecule has 2 aliphatic rings. The lowest BCUT2D eigenvalue weighted by Gasteiger charge is -2.42. The third kappa shape index (κ3) is 4.19. The van der Waals surface area contributed by atoms with Gasteiger partial charge in [0.1, 0.15) is 0 Å². The number of carbonyl (C=O) groups is 1. The molecule has 0 radical (unpaired) electrons. The topological polar surface area (TPSA) is 67.3 Å². The van der Waals surface area contributed by atoms with Crippen LogP contribution in [0.3, 0.4) is 0 Å². The number of aromatic nitrogens is 2. The largest absolute Gasteiger partial charge is 0.377 e. The van der Waals surface area contributed by atoms with Crippen LogP contribution in [0.15, 0.2) is 25.0 Å². The summed E-state index contributed by atoms with van der Waals surface area (Å²) in [7, 11) is 0. The molecule has 6 heteroatoms. The smallest absolute Gasteiger partial charge is 0.225 e. The molecule has 0 aromatic carbocycles. The fourth-order valence-corrected chi connectivity index (χ4v) is 3.57. The van der Waals surface area contributed by atoms with Crippen molar-refractivity contribution in [2.24, 2.45) is 11.8 Å². The summed E-state index contributed by atoms with van der Waals surface area (Å²) in [5, 5.41) is 2.97. The Bertz CT molecular complexity index is 575. The summed E-state index contributed by atoms with van der Waals surface area (Å²) in [5.41, 5.74) is 1.65. The van der Waals surface area contributed by atoms with Gasteiger partial charge in [0, 0.05) is 25.8 Å². The molecule has 2 fully saturated rings. The minimum absolute atomic E-state index is 0.0525. The van der Waals surface area contributed by atoms with Crippen LogP contribution in [-0.4, -0.2) is 53.1 Å². The van der Waals surface area contributed by atoms with Gasteiger partial charge in [-0.05, 0) is 25.7 Å². The van der Waals surface area contributed by atoms with Crippen molar-refractivity contribution in [1.29, 1.82) is 0 Å². The van der Waals surface area contributed by atoms with Crippen molar-refractivity contribution in [3.63, 3.8) is 0 Å². The maximum absolute atomic E-state index is 12.5. The Kier molecular flexibility index (Phi) is 5.58. The Morgan fingerprint density at radius 2 is 2.38 bits per heavy atom. The first-order valence-corrected chi connectivity index (χ1v) is 8.65. The second-order valence-corrected chi connectivity index (χ2v) is 6.77. The third-order valence-corrected chi connectivity index (χ3v) is 4.88. The van der Waals surface area contributed by atoms with E-state index in [1.807, 2.05) is 13.0 Å². The van der Waals surface area contributed by atoms with Crippen molar-refractivity contribution in [1.82, 2.24) is 20.2 Å². The third-order valence-electron chi connectivity index (χ3n) is 4.88. The van der Waals surface area contributed by atoms with Gasteiger partial charge in [0.05, 0.1) is 42.8 Å². The lowest BCUT2D eigenvalue weighted by atomic mass is 9.83. The number of carbonyl (C=O) groups excluding carboxylic acids is 1. The van der Waals surface area contributed by atoms with E-state index in [1.54, 1.807) is 12.4 Å². The van der Waals surface area contributed by atoms with Crippen molar-refractivity contribution >= 4 is 5.91 Å². The minimum atomic E-state index is -0.0756. The molecule has 0 aliphatic carbocycles. The molecule has 0 unspecified atom stereocenters. The summed E-state index contributed by atoms with van der Waals surface area (Å²) in [6.07, 6.45) is 7.61. The Morgan fingerprint density at radius 3 is 3.12 bits per heavy atom. The van der Waals surface area contributed by atoms with Crippen LogP contribution in [0.5, 0.6) is 0 Å². The van der Waals surface area contributed by atoms with Gasteiger partial charge in [-0.3, -0.25) is 19.7 Å². The molecule has 0 saturated carbocycles. The zero-order valence-electron chi connectivity index (χ0n) is 14.3. The van der Waals surface area contributed by atoms with Crippen LogP contribution >= 0.6 is 0 Å². The van der Waals surface area contributed by atoms with Gasteiger partial charge in [-0.25, -0.2) is 0 Å². The van der Waals surface area contributed by atoms with E-state index in [-0.39, 0.29) is 11.8 Å². The lowest BCUT2D eigenvalue weighted by Crippen LogP contribution is -2.50. The first-order valence-electron chi connectivity index (χ1n) is 8.65. The van der Waals surface area contributed by atoms with Crippen LogP contribution in [-0.2, 0) is 16.1 Å². The molecule has 2 aliphatic heterocycles. The van der Waals surface area contributed by atoms with Crippen LogP contribution in [0.25, 0.3) is 0 Å². The summed E-state index contributed by atoms with van der Waals surface area (Å²) in [6, 6.07) is 0. The number of fused-ring (bicyclic) bond motifs is 1. The van der Waals surface area contributed by atoms with Gasteiger partial charge in [0.25, 0.3) is 0 Å². The van der Waals surface area contributed by atoms with E-state index in [9.17, 15) is 4.79 Å². The number of ether oxygens (including phenoxy) is 1. The van der Waals surface area contributed by atoms with Gasteiger partial charge in [0.15, 0.2) is 0 Å². The van der Waals surface area contributed by atoms with Crippen molar-refractivity contribution in [2.75, 3.05) is 26.2 Å². The lowest BCUT2D eigenvalue weighted by molar-refractivity contribution is -0.139. The molecule has 1 amide bonds. The molecular weight excluding hydrogens is 304 g/mol. The molecule has 3 atom stereocenters. The number of nitrogens with one attached hydrogen (secondary N) is 1. The molecule has 1 N–H and O–H groups in total.